The molecule has 2 unspecified atom stereocenters. The van der Waals surface area contributed by atoms with Crippen LogP contribution >= 0.6 is 0 Å². The van der Waals surface area contributed by atoms with E-state index >= 15 is 17.6 Å². The molecular formula is C78H84F4N6O12S2. The van der Waals surface area contributed by atoms with Crippen LogP contribution in [-0.4, -0.2) is 107 Å². The highest BCUT2D eigenvalue weighted by molar-refractivity contribution is 7.92. The molecule has 0 saturated heterocycles. The SMILES string of the molecule is C=Cc1c(Oc2ccc(F)c(-c3ncc(C(C)(CCCC(C)(C)CS(=O)(=O)CC(=O)OC)c4cccc(CCC(=O)OC)c4)[nH]3)c2)c(F)cc2[nH]ccc12.CC1(C)CCCC(C)(c2cccc(CCC(=O)O)c2)c2cnc([nH]2)-c2cc(ccc2F)Oc2c(F)cc3[nH]ccc3c2CCS(=O)(=O)C1. The number of aromatic nitrogens is 6. The lowest BCUT2D eigenvalue weighted by molar-refractivity contribution is -0.140. The monoisotopic (exact) mass is 1440 g/mol. The van der Waals surface area contributed by atoms with Crippen molar-refractivity contribution in [2.24, 2.45) is 10.8 Å². The van der Waals surface area contributed by atoms with Crippen LogP contribution in [0.4, 0.5) is 17.6 Å². The van der Waals surface area contributed by atoms with Crippen molar-refractivity contribution in [2.45, 2.75) is 123 Å². The van der Waals surface area contributed by atoms with Gasteiger partial charge in [0.1, 0.15) is 40.5 Å². The molecule has 18 nitrogen and oxygen atoms in total. The summed E-state index contributed by atoms with van der Waals surface area (Å²) < 4.78 is 136. The first kappa shape index (κ1) is 74.9. The number of methoxy groups -OCH3 is 2. The van der Waals surface area contributed by atoms with Gasteiger partial charge in [0.05, 0.1) is 42.6 Å². The van der Waals surface area contributed by atoms with E-state index in [-0.39, 0.29) is 88.3 Å². The van der Waals surface area contributed by atoms with Gasteiger partial charge in [0.15, 0.2) is 42.8 Å². The number of sulfone groups is 2. The van der Waals surface area contributed by atoms with Crippen molar-refractivity contribution < 1.29 is 72.8 Å². The number of rotatable bonds is 21. The third-order valence-electron chi connectivity index (χ3n) is 19.2. The molecule has 0 saturated carbocycles. The Bertz CT molecular complexity index is 5000. The number of imidazole rings is 2. The Balaban J connectivity index is 0.000000221. The Morgan fingerprint density at radius 2 is 1.38 bits per heavy atom. The highest BCUT2D eigenvalue weighted by atomic mass is 32.2. The van der Waals surface area contributed by atoms with Gasteiger partial charge < -0.3 is 44.0 Å². The fraction of sp³-hybridized carbons (Fsp3) is 0.346. The zero-order chi connectivity index (χ0) is 73.5. The number of carboxylic acid groups (broad SMARTS) is 1. The van der Waals surface area contributed by atoms with E-state index in [2.05, 4.69) is 48.1 Å². The van der Waals surface area contributed by atoms with Crippen LogP contribution in [0.1, 0.15) is 138 Å². The zero-order valence-corrected chi connectivity index (χ0v) is 59.9. The first-order chi connectivity index (χ1) is 48.3. The second-order valence-corrected chi connectivity index (χ2v) is 32.4. The van der Waals surface area contributed by atoms with Gasteiger partial charge in [-0.15, -0.1) is 0 Å². The Labute approximate surface area is 590 Å². The van der Waals surface area contributed by atoms with E-state index in [0.29, 0.717) is 84.6 Å². The third-order valence-corrected chi connectivity index (χ3v) is 23.1. The minimum Gasteiger partial charge on any atom is -0.481 e. The highest BCUT2D eigenvalue weighted by Crippen LogP contribution is 2.44. The normalized spacial score (nSPS) is 16.1. The van der Waals surface area contributed by atoms with Gasteiger partial charge in [-0.1, -0.05) is 102 Å². The van der Waals surface area contributed by atoms with Crippen molar-refractivity contribution in [2.75, 3.05) is 37.2 Å². The van der Waals surface area contributed by atoms with Crippen molar-refractivity contribution in [3.8, 4) is 45.8 Å². The molecule has 102 heavy (non-hydrogen) atoms. The van der Waals surface area contributed by atoms with Crippen molar-refractivity contribution >= 4 is 65.5 Å². The lowest BCUT2D eigenvalue weighted by Gasteiger charge is -2.32. The quantitative estimate of drug-likeness (QED) is 0.0331. The summed E-state index contributed by atoms with van der Waals surface area (Å²) in [5, 5.41) is 10.6. The number of halogens is 4. The molecular weight excluding hydrogens is 1350 g/mol. The lowest BCUT2D eigenvalue weighted by atomic mass is 9.74. The Kier molecular flexibility index (Phi) is 22.6. The molecule has 0 radical (unpaired) electrons. The average molecular weight is 1440 g/mol. The number of ether oxygens (including phenoxy) is 4. The number of nitrogens with one attached hydrogen (secondary N) is 4. The Morgan fingerprint density at radius 3 is 2.10 bits per heavy atom. The molecule has 538 valence electrons. The minimum absolute atomic E-state index is 0.000830. The van der Waals surface area contributed by atoms with Gasteiger partial charge in [-0.3, -0.25) is 14.4 Å². The summed E-state index contributed by atoms with van der Waals surface area (Å²) >= 11 is 0. The molecule has 4 bridgehead atoms. The second-order valence-electron chi connectivity index (χ2n) is 28.1. The van der Waals surface area contributed by atoms with Crippen LogP contribution in [0.5, 0.6) is 23.0 Å². The van der Waals surface area contributed by atoms with Crippen molar-refractivity contribution in [3.63, 3.8) is 0 Å². The van der Waals surface area contributed by atoms with Gasteiger partial charge in [-0.05, 0) is 140 Å². The number of aromatic amines is 4. The van der Waals surface area contributed by atoms with Crippen LogP contribution in [0, 0.1) is 34.1 Å². The maximum Gasteiger partial charge on any atom is 0.320 e. The summed E-state index contributed by atoms with van der Waals surface area (Å²) in [5.74, 6) is -4.84. The molecule has 0 amide bonds. The van der Waals surface area contributed by atoms with Gasteiger partial charge in [0.25, 0.3) is 0 Å². The molecule has 24 heteroatoms. The Morgan fingerprint density at radius 1 is 0.735 bits per heavy atom. The standard InChI is InChI=1S/C41H45F2N3O7S.C37H39F2N3O5S/c1-7-29-30-16-19-44-34(30)22-33(43)38(29)53-28-13-14-32(42)31(21-28)39-45-23-35(46-39)41(4,27-11-8-10-26(20-27)12-15-36(47)51-5)18-9-17-40(2,3)25-54(49,50)24-37(48)52-6;1-36(2)14-5-15-37(3,24-7-4-6-23(18-24)8-11-33(43)44)32-21-41-35(42-32)28-19-25(9-10-29(28)38)47-34-27(13-17-48(45,46)22-36)26-12-16-40-31(26)20-30(34)39/h7-8,10-11,13-14,16,19-23,44H,1,9,12,15,17-18,24-25H2,2-6H3,(H,45,46);4,6-7,9-10,12,16,18-21,40H,5,8,11,13-15,17,22H2,1-3H3,(H,41,42)(H,43,44). The van der Waals surface area contributed by atoms with Crippen LogP contribution in [0.3, 0.4) is 0 Å². The van der Waals surface area contributed by atoms with Crippen molar-refractivity contribution in [3.05, 3.63) is 209 Å². The predicted octanol–water partition coefficient (Wildman–Crippen LogP) is 16.6. The number of benzene rings is 6. The van der Waals surface area contributed by atoms with E-state index in [1.165, 1.54) is 61.7 Å². The summed E-state index contributed by atoms with van der Waals surface area (Å²) in [6.45, 7) is 15.5. The van der Waals surface area contributed by atoms with Gasteiger partial charge in [0.2, 0.25) is 0 Å². The summed E-state index contributed by atoms with van der Waals surface area (Å²) in [5.41, 5.74) is 4.63. The number of aliphatic carboxylic acids is 1. The van der Waals surface area contributed by atoms with Gasteiger partial charge in [-0.25, -0.2) is 44.4 Å². The topological polar surface area (TPSA) is 266 Å². The van der Waals surface area contributed by atoms with Crippen LogP contribution < -0.4 is 9.47 Å². The van der Waals surface area contributed by atoms with Gasteiger partial charge in [0, 0.05) is 105 Å². The molecule has 5 heterocycles. The van der Waals surface area contributed by atoms with E-state index < -0.39 is 82.3 Å². The number of esters is 2. The number of H-pyrrole nitrogens is 4. The maximum atomic E-state index is 15.6. The number of hydrogen-bond donors (Lipinski definition) is 5. The lowest BCUT2D eigenvalue weighted by Crippen LogP contribution is -2.30. The fourth-order valence-corrected chi connectivity index (χ4v) is 17.6. The molecule has 0 aliphatic carbocycles. The largest absolute Gasteiger partial charge is 0.481 e. The van der Waals surface area contributed by atoms with Crippen LogP contribution in [-0.2, 0) is 73.6 Å². The fourth-order valence-electron chi connectivity index (χ4n) is 13.7. The summed E-state index contributed by atoms with van der Waals surface area (Å²) in [7, 11) is -4.79. The number of hydrogen-bond acceptors (Lipinski definition) is 13. The molecule has 1 aliphatic heterocycles. The molecule has 0 spiro atoms. The highest BCUT2D eigenvalue weighted by Gasteiger charge is 2.37. The molecule has 0 fully saturated rings. The average Bonchev–Trinajstić information content (AvgIpc) is 1.54. The summed E-state index contributed by atoms with van der Waals surface area (Å²) in [6.07, 6.45) is 12.8. The number of carbonyl (C=O) groups is 3. The smallest absolute Gasteiger partial charge is 0.320 e. The zero-order valence-electron chi connectivity index (χ0n) is 58.3. The van der Waals surface area contributed by atoms with Crippen LogP contribution in [0.25, 0.3) is 50.7 Å². The van der Waals surface area contributed by atoms with Gasteiger partial charge in [-0.2, -0.15) is 0 Å². The van der Waals surface area contributed by atoms with E-state index in [4.69, 9.17) is 14.2 Å². The second kappa shape index (κ2) is 30.8. The number of aryl methyl sites for hydroxylation is 3. The number of carboxylic acids is 1. The third kappa shape index (κ3) is 17.7. The van der Waals surface area contributed by atoms with Crippen LogP contribution in [0.15, 0.2) is 141 Å². The van der Waals surface area contributed by atoms with E-state index in [9.17, 15) is 36.3 Å². The van der Waals surface area contributed by atoms with E-state index in [0.717, 1.165) is 40.4 Å². The molecule has 4 aromatic heterocycles. The number of carbonyl (C=O) groups excluding carboxylic acids is 2. The predicted molar refractivity (Wildman–Crippen MR) is 385 cm³/mol. The number of fused-ring (bicyclic) bond motifs is 9. The molecule has 5 N–H and O–H groups in total. The molecule has 6 aromatic carbocycles. The molecule has 10 aromatic rings. The summed E-state index contributed by atoms with van der Waals surface area (Å²) in [6, 6.07) is 29.9. The van der Waals surface area contributed by atoms with Crippen molar-refractivity contribution in [1.29, 1.82) is 0 Å². The molecule has 1 aliphatic rings. The van der Waals surface area contributed by atoms with E-state index in [1.807, 2.05) is 83.1 Å². The maximum absolute atomic E-state index is 15.6. The van der Waals surface area contributed by atoms with Crippen LogP contribution in [0.2, 0.25) is 0 Å². The molecule has 2 atom stereocenters. The van der Waals surface area contributed by atoms with Gasteiger partial charge >= 0.3 is 17.9 Å². The van der Waals surface area contributed by atoms with Crippen molar-refractivity contribution in [1.82, 2.24) is 29.9 Å². The first-order valence-corrected chi connectivity index (χ1v) is 37.2. The Hall–Kier alpha value is -9.81. The van der Waals surface area contributed by atoms with E-state index in [1.54, 1.807) is 36.9 Å². The minimum atomic E-state index is -3.71. The first-order valence-electron chi connectivity index (χ1n) is 33.5. The molecule has 11 rings (SSSR count). The number of nitrogens with zero attached hydrogens (tertiary/aromatic N) is 2. The summed E-state index contributed by atoms with van der Waals surface area (Å²) in [4.78, 5) is 56.7.